The third-order valence-electron chi connectivity index (χ3n) is 5.43. The molecule has 1 N–H and O–H groups in total. The second-order valence-electron chi connectivity index (χ2n) is 7.91. The van der Waals surface area contributed by atoms with E-state index in [9.17, 15) is 19.2 Å². The first-order chi connectivity index (χ1) is 16.4. The van der Waals surface area contributed by atoms with Gasteiger partial charge in [-0.2, -0.15) is 0 Å². The second kappa shape index (κ2) is 10.6. The molecule has 1 fully saturated rings. The van der Waals surface area contributed by atoms with Crippen molar-refractivity contribution >= 4 is 35.5 Å². The van der Waals surface area contributed by atoms with E-state index in [1.807, 2.05) is 60.7 Å². The summed E-state index contributed by atoms with van der Waals surface area (Å²) in [6, 6.07) is 17.7. The Morgan fingerprint density at radius 1 is 0.971 bits per heavy atom. The number of hydrogen-bond acceptors (Lipinski definition) is 7. The van der Waals surface area contributed by atoms with Crippen molar-refractivity contribution in [3.8, 4) is 0 Å². The minimum absolute atomic E-state index is 0.0428. The predicted molar refractivity (Wildman–Crippen MR) is 125 cm³/mol. The highest BCUT2D eigenvalue weighted by Gasteiger charge is 2.54. The standard InChI is InChI=1S/C25H24N2O6S/c1-16(28)32-14-19-15-34-24-21(26-20(29)12-17-8-4-2-5-9-17)23(30)27(24)22(19)25(31)33-13-18-10-6-3-7-11-18/h2-11,21,24H,12-15H2,1H3,(H,26,29)/t21-,24-/m1/s1. The van der Waals surface area contributed by atoms with Crippen molar-refractivity contribution in [3.63, 3.8) is 0 Å². The zero-order chi connectivity index (χ0) is 24.1. The highest BCUT2D eigenvalue weighted by Crippen LogP contribution is 2.40. The van der Waals surface area contributed by atoms with E-state index in [1.165, 1.54) is 23.6 Å². The quantitative estimate of drug-likeness (QED) is 0.456. The zero-order valence-corrected chi connectivity index (χ0v) is 19.4. The molecule has 8 nitrogen and oxygen atoms in total. The average molecular weight is 481 g/mol. The lowest BCUT2D eigenvalue weighted by atomic mass is 10.0. The van der Waals surface area contributed by atoms with Crippen molar-refractivity contribution in [1.82, 2.24) is 10.2 Å². The Bertz CT molecular complexity index is 1120. The summed E-state index contributed by atoms with van der Waals surface area (Å²) in [5.41, 5.74) is 2.23. The van der Waals surface area contributed by atoms with Crippen LogP contribution in [0.15, 0.2) is 71.9 Å². The fraction of sp³-hybridized carbons (Fsp3) is 0.280. The van der Waals surface area contributed by atoms with Crippen molar-refractivity contribution in [3.05, 3.63) is 83.1 Å². The molecule has 2 aliphatic heterocycles. The van der Waals surface area contributed by atoms with Crippen molar-refractivity contribution in [2.75, 3.05) is 12.4 Å². The monoisotopic (exact) mass is 480 g/mol. The lowest BCUT2D eigenvalue weighted by Crippen LogP contribution is -2.70. The molecule has 4 rings (SSSR count). The van der Waals surface area contributed by atoms with Crippen LogP contribution in [-0.2, 0) is 41.7 Å². The number of esters is 2. The summed E-state index contributed by atoms with van der Waals surface area (Å²) in [5.74, 6) is -1.46. The van der Waals surface area contributed by atoms with Crippen LogP contribution in [-0.4, -0.2) is 52.4 Å². The van der Waals surface area contributed by atoms with Gasteiger partial charge in [-0.1, -0.05) is 60.7 Å². The minimum atomic E-state index is -0.742. The fourth-order valence-corrected chi connectivity index (χ4v) is 5.10. The normalized spacial score (nSPS) is 19.1. The Kier molecular flexibility index (Phi) is 7.32. The van der Waals surface area contributed by atoms with E-state index >= 15 is 0 Å². The molecule has 0 saturated carbocycles. The molecule has 2 aromatic carbocycles. The molecule has 1 saturated heterocycles. The van der Waals surface area contributed by atoms with Gasteiger partial charge in [0.1, 0.15) is 30.3 Å². The van der Waals surface area contributed by atoms with Crippen LogP contribution in [0.3, 0.4) is 0 Å². The highest BCUT2D eigenvalue weighted by atomic mass is 32.2. The van der Waals surface area contributed by atoms with E-state index in [0.717, 1.165) is 11.1 Å². The number of rotatable bonds is 8. The molecule has 176 valence electrons. The first-order valence-electron chi connectivity index (χ1n) is 10.8. The maximum atomic E-state index is 13.0. The lowest BCUT2D eigenvalue weighted by Gasteiger charge is -2.49. The molecule has 2 aliphatic rings. The van der Waals surface area contributed by atoms with Crippen LogP contribution in [0.25, 0.3) is 0 Å². The Morgan fingerprint density at radius 3 is 2.26 bits per heavy atom. The van der Waals surface area contributed by atoms with Crippen LogP contribution in [0, 0.1) is 0 Å². The molecule has 2 amide bonds. The van der Waals surface area contributed by atoms with Crippen molar-refractivity contribution in [2.24, 2.45) is 0 Å². The van der Waals surface area contributed by atoms with Crippen LogP contribution in [0.1, 0.15) is 18.1 Å². The molecule has 0 radical (unpaired) electrons. The molecule has 2 aromatic rings. The number of carbonyl (C=O) groups is 4. The summed E-state index contributed by atoms with van der Waals surface area (Å²) in [7, 11) is 0. The van der Waals surface area contributed by atoms with Gasteiger partial charge in [0.25, 0.3) is 5.91 Å². The topological polar surface area (TPSA) is 102 Å². The van der Waals surface area contributed by atoms with Gasteiger partial charge in [-0.25, -0.2) is 4.79 Å². The summed E-state index contributed by atoms with van der Waals surface area (Å²) in [6.45, 7) is 1.21. The Morgan fingerprint density at radius 2 is 1.62 bits per heavy atom. The molecular formula is C25H24N2O6S. The number of ether oxygens (including phenoxy) is 2. The van der Waals surface area contributed by atoms with E-state index in [1.54, 1.807) is 0 Å². The second-order valence-corrected chi connectivity index (χ2v) is 9.02. The number of nitrogens with zero attached hydrogens (tertiary/aromatic N) is 1. The van der Waals surface area contributed by atoms with Gasteiger partial charge in [0, 0.05) is 18.2 Å². The number of nitrogens with one attached hydrogen (secondary N) is 1. The van der Waals surface area contributed by atoms with Gasteiger partial charge < -0.3 is 14.8 Å². The average Bonchev–Trinajstić information content (AvgIpc) is 2.85. The number of hydrogen-bond donors (Lipinski definition) is 1. The van der Waals surface area contributed by atoms with E-state index in [0.29, 0.717) is 11.3 Å². The largest absolute Gasteiger partial charge is 0.461 e. The molecule has 0 aliphatic carbocycles. The summed E-state index contributed by atoms with van der Waals surface area (Å²) in [6.07, 6.45) is 0.154. The zero-order valence-electron chi connectivity index (χ0n) is 18.6. The summed E-state index contributed by atoms with van der Waals surface area (Å²) in [5, 5.41) is 2.35. The maximum absolute atomic E-state index is 13.0. The molecule has 0 unspecified atom stereocenters. The van der Waals surface area contributed by atoms with Crippen LogP contribution >= 0.6 is 11.8 Å². The molecule has 0 aromatic heterocycles. The van der Waals surface area contributed by atoms with Crippen molar-refractivity contribution < 1.29 is 28.7 Å². The first-order valence-corrected chi connectivity index (χ1v) is 11.8. The minimum Gasteiger partial charge on any atom is -0.461 e. The molecule has 0 bridgehead atoms. The van der Waals surface area contributed by atoms with E-state index in [2.05, 4.69) is 5.32 Å². The van der Waals surface area contributed by atoms with Gasteiger partial charge >= 0.3 is 11.9 Å². The van der Waals surface area contributed by atoms with Crippen LogP contribution in [0.2, 0.25) is 0 Å². The molecule has 9 heteroatoms. The smallest absolute Gasteiger partial charge is 0.355 e. The number of thioether (sulfide) groups is 1. The van der Waals surface area contributed by atoms with E-state index < -0.39 is 29.3 Å². The van der Waals surface area contributed by atoms with Crippen molar-refractivity contribution in [1.29, 1.82) is 0 Å². The Balaban J connectivity index is 1.47. The predicted octanol–water partition coefficient (Wildman–Crippen LogP) is 2.19. The van der Waals surface area contributed by atoms with Crippen LogP contribution in [0.4, 0.5) is 0 Å². The first kappa shape index (κ1) is 23.6. The molecular weight excluding hydrogens is 456 g/mol. The van der Waals surface area contributed by atoms with Gasteiger partial charge in [-0.3, -0.25) is 19.3 Å². The molecule has 2 heterocycles. The SMILES string of the molecule is CC(=O)OCC1=C(C(=O)OCc2ccccc2)N2C(=O)[C@@H](NC(=O)Cc3ccccc3)[C@H]2SC1. The van der Waals surface area contributed by atoms with Crippen LogP contribution < -0.4 is 5.32 Å². The van der Waals surface area contributed by atoms with Gasteiger partial charge in [-0.15, -0.1) is 11.8 Å². The van der Waals surface area contributed by atoms with Gasteiger partial charge in [0.05, 0.1) is 6.42 Å². The molecule has 34 heavy (non-hydrogen) atoms. The van der Waals surface area contributed by atoms with Gasteiger partial charge in [-0.05, 0) is 11.1 Å². The Hall–Kier alpha value is -3.59. The molecule has 2 atom stereocenters. The Labute approximate surface area is 201 Å². The summed E-state index contributed by atoms with van der Waals surface area (Å²) in [4.78, 5) is 51.2. The maximum Gasteiger partial charge on any atom is 0.355 e. The third kappa shape index (κ3) is 5.31. The van der Waals surface area contributed by atoms with Gasteiger partial charge in [0.2, 0.25) is 5.91 Å². The highest BCUT2D eigenvalue weighted by molar-refractivity contribution is 8.00. The summed E-state index contributed by atoms with van der Waals surface area (Å²) < 4.78 is 10.6. The van der Waals surface area contributed by atoms with Gasteiger partial charge in [0.15, 0.2) is 0 Å². The fourth-order valence-electron chi connectivity index (χ4n) is 3.77. The molecule has 0 spiro atoms. The number of benzene rings is 2. The van der Waals surface area contributed by atoms with Crippen molar-refractivity contribution in [2.45, 2.75) is 31.4 Å². The number of fused-ring (bicyclic) bond motifs is 1. The van der Waals surface area contributed by atoms with Crippen LogP contribution in [0.5, 0.6) is 0 Å². The lowest BCUT2D eigenvalue weighted by molar-refractivity contribution is -0.153. The van der Waals surface area contributed by atoms with E-state index in [4.69, 9.17) is 9.47 Å². The third-order valence-corrected chi connectivity index (χ3v) is 6.77. The van der Waals surface area contributed by atoms with E-state index in [-0.39, 0.29) is 31.2 Å². The summed E-state index contributed by atoms with van der Waals surface area (Å²) >= 11 is 1.40. The number of amides is 2. The number of β-lactam (4-membered cyclic amide) rings is 1. The number of carbonyl (C=O) groups excluding carboxylic acids is 4.